The number of ether oxygens (including phenoxy) is 1. The standard InChI is InChI=1S/C22H37N3O5/c1-20(2,3)12-21(4,5)24-18(28)16-22-9-8-13(30-22)14(17(27)23-6)15(22)19(29)25(16)10-7-11-26/h13-16,26H,7-12H2,1-6H3,(H,23,27)(H,24,28)/t13-,14+,15-,16?,22?/m0/s1. The van der Waals surface area contributed by atoms with Crippen molar-refractivity contribution < 1.29 is 24.2 Å². The van der Waals surface area contributed by atoms with Crippen LogP contribution in [-0.4, -0.2) is 71.2 Å². The normalized spacial score (nSPS) is 33.0. The molecule has 3 saturated heterocycles. The summed E-state index contributed by atoms with van der Waals surface area (Å²) in [5, 5.41) is 15.1. The smallest absolute Gasteiger partial charge is 0.246 e. The number of aliphatic hydroxyl groups excluding tert-OH is 1. The summed E-state index contributed by atoms with van der Waals surface area (Å²) in [7, 11) is 1.56. The maximum absolute atomic E-state index is 13.6. The van der Waals surface area contributed by atoms with E-state index < -0.39 is 29.0 Å². The molecule has 5 atom stereocenters. The van der Waals surface area contributed by atoms with Crippen molar-refractivity contribution in [3.05, 3.63) is 0 Å². The second-order valence-corrected chi connectivity index (χ2v) is 10.9. The van der Waals surface area contributed by atoms with Crippen molar-refractivity contribution in [2.24, 2.45) is 17.3 Å². The molecule has 0 aliphatic carbocycles. The Bertz CT molecular complexity index is 716. The molecule has 3 N–H and O–H groups in total. The lowest BCUT2D eigenvalue weighted by Crippen LogP contribution is -2.59. The van der Waals surface area contributed by atoms with E-state index in [9.17, 15) is 19.5 Å². The molecule has 3 heterocycles. The van der Waals surface area contributed by atoms with Crippen LogP contribution in [0.3, 0.4) is 0 Å². The predicted molar refractivity (Wildman–Crippen MR) is 111 cm³/mol. The van der Waals surface area contributed by atoms with Gasteiger partial charge in [-0.1, -0.05) is 20.8 Å². The third-order valence-corrected chi connectivity index (χ3v) is 6.59. The number of carbonyl (C=O) groups excluding carboxylic acids is 3. The molecule has 0 aromatic carbocycles. The third kappa shape index (κ3) is 3.84. The first-order valence-corrected chi connectivity index (χ1v) is 11.0. The van der Waals surface area contributed by atoms with Crippen LogP contribution in [0.25, 0.3) is 0 Å². The predicted octanol–water partition coefficient (Wildman–Crippen LogP) is 0.820. The van der Waals surface area contributed by atoms with Gasteiger partial charge in [0.25, 0.3) is 0 Å². The number of amides is 3. The van der Waals surface area contributed by atoms with Gasteiger partial charge in [-0.2, -0.15) is 0 Å². The molecule has 0 aromatic rings. The first-order chi connectivity index (χ1) is 13.9. The lowest BCUT2D eigenvalue weighted by molar-refractivity contribution is -0.143. The summed E-state index contributed by atoms with van der Waals surface area (Å²) < 4.78 is 6.30. The van der Waals surface area contributed by atoms with Crippen LogP contribution in [0.2, 0.25) is 0 Å². The van der Waals surface area contributed by atoms with Gasteiger partial charge >= 0.3 is 0 Å². The summed E-state index contributed by atoms with van der Waals surface area (Å²) in [6, 6.07) is -0.791. The maximum atomic E-state index is 13.6. The van der Waals surface area contributed by atoms with Crippen molar-refractivity contribution in [2.75, 3.05) is 20.2 Å². The molecular weight excluding hydrogens is 386 g/mol. The van der Waals surface area contributed by atoms with E-state index in [1.165, 1.54) is 0 Å². The number of hydrogen-bond acceptors (Lipinski definition) is 5. The minimum Gasteiger partial charge on any atom is -0.396 e. The van der Waals surface area contributed by atoms with Gasteiger partial charge in [-0.3, -0.25) is 14.4 Å². The fourth-order valence-corrected chi connectivity index (χ4v) is 6.17. The molecule has 3 aliphatic rings. The fourth-order valence-electron chi connectivity index (χ4n) is 6.17. The minimum atomic E-state index is -0.976. The van der Waals surface area contributed by atoms with E-state index in [0.29, 0.717) is 19.3 Å². The highest BCUT2D eigenvalue weighted by molar-refractivity contribution is 5.99. The lowest BCUT2D eigenvalue weighted by atomic mass is 9.70. The largest absolute Gasteiger partial charge is 0.396 e. The topological polar surface area (TPSA) is 108 Å². The van der Waals surface area contributed by atoms with Crippen molar-refractivity contribution in [1.82, 2.24) is 15.5 Å². The van der Waals surface area contributed by atoms with Crippen molar-refractivity contribution in [3.63, 3.8) is 0 Å². The van der Waals surface area contributed by atoms with Gasteiger partial charge in [0.2, 0.25) is 17.7 Å². The van der Waals surface area contributed by atoms with Crippen LogP contribution in [0.1, 0.15) is 60.3 Å². The maximum Gasteiger partial charge on any atom is 0.246 e. The van der Waals surface area contributed by atoms with E-state index in [4.69, 9.17) is 4.74 Å². The average Bonchev–Trinajstić information content (AvgIpc) is 3.24. The number of carbonyl (C=O) groups is 3. The Morgan fingerprint density at radius 2 is 1.90 bits per heavy atom. The minimum absolute atomic E-state index is 0.0201. The third-order valence-electron chi connectivity index (χ3n) is 6.59. The quantitative estimate of drug-likeness (QED) is 0.562. The van der Waals surface area contributed by atoms with Gasteiger partial charge in [-0.15, -0.1) is 0 Å². The molecule has 170 valence electrons. The number of aliphatic hydroxyl groups is 1. The Hall–Kier alpha value is -1.67. The fraction of sp³-hybridized carbons (Fsp3) is 0.864. The second kappa shape index (κ2) is 7.79. The number of hydrogen-bond donors (Lipinski definition) is 3. The van der Waals surface area contributed by atoms with Crippen molar-refractivity contribution in [3.8, 4) is 0 Å². The van der Waals surface area contributed by atoms with Crippen LogP contribution in [0, 0.1) is 17.3 Å². The van der Waals surface area contributed by atoms with Gasteiger partial charge < -0.3 is 25.4 Å². The Morgan fingerprint density at radius 3 is 2.47 bits per heavy atom. The van der Waals surface area contributed by atoms with Crippen LogP contribution in [0.15, 0.2) is 0 Å². The number of nitrogens with zero attached hydrogens (tertiary/aromatic N) is 1. The van der Waals surface area contributed by atoms with E-state index in [1.807, 2.05) is 13.8 Å². The Kier molecular flexibility index (Phi) is 5.97. The van der Waals surface area contributed by atoms with Crippen LogP contribution in [0.5, 0.6) is 0 Å². The summed E-state index contributed by atoms with van der Waals surface area (Å²) in [6.07, 6.45) is 2.04. The summed E-state index contributed by atoms with van der Waals surface area (Å²) in [4.78, 5) is 41.1. The molecule has 3 amide bonds. The lowest BCUT2D eigenvalue weighted by Gasteiger charge is -2.38. The highest BCUT2D eigenvalue weighted by Gasteiger charge is 2.74. The highest BCUT2D eigenvalue weighted by Crippen LogP contribution is 2.58. The van der Waals surface area contributed by atoms with Gasteiger partial charge in [0.1, 0.15) is 11.6 Å². The van der Waals surface area contributed by atoms with Crippen molar-refractivity contribution in [1.29, 1.82) is 0 Å². The van der Waals surface area contributed by atoms with Gasteiger partial charge in [0.15, 0.2) is 0 Å². The molecule has 8 nitrogen and oxygen atoms in total. The summed E-state index contributed by atoms with van der Waals surface area (Å²) in [6.45, 7) is 10.5. The van der Waals surface area contributed by atoms with E-state index >= 15 is 0 Å². The number of nitrogens with one attached hydrogen (secondary N) is 2. The zero-order valence-corrected chi connectivity index (χ0v) is 19.1. The Balaban J connectivity index is 1.93. The van der Waals surface area contributed by atoms with E-state index in [-0.39, 0.29) is 42.4 Å². The van der Waals surface area contributed by atoms with Gasteiger partial charge in [-0.25, -0.2) is 0 Å². The molecule has 3 rings (SSSR count). The molecule has 3 aliphatic heterocycles. The highest BCUT2D eigenvalue weighted by atomic mass is 16.5. The molecule has 2 unspecified atom stereocenters. The number of likely N-dealkylation sites (tertiary alicyclic amines) is 1. The molecule has 2 bridgehead atoms. The monoisotopic (exact) mass is 423 g/mol. The first kappa shape index (κ1) is 23.0. The van der Waals surface area contributed by atoms with Gasteiger partial charge in [0, 0.05) is 25.7 Å². The molecule has 30 heavy (non-hydrogen) atoms. The molecule has 3 fully saturated rings. The summed E-state index contributed by atoms with van der Waals surface area (Å²) in [5.41, 5.74) is -1.42. The van der Waals surface area contributed by atoms with Crippen molar-refractivity contribution >= 4 is 17.7 Å². The molecule has 8 heteroatoms. The van der Waals surface area contributed by atoms with E-state index in [0.717, 1.165) is 6.42 Å². The summed E-state index contributed by atoms with van der Waals surface area (Å²) in [5.74, 6) is -1.90. The Morgan fingerprint density at radius 1 is 1.23 bits per heavy atom. The molecule has 1 spiro atoms. The van der Waals surface area contributed by atoms with Crippen LogP contribution >= 0.6 is 0 Å². The van der Waals surface area contributed by atoms with Crippen LogP contribution in [0.4, 0.5) is 0 Å². The zero-order valence-electron chi connectivity index (χ0n) is 19.1. The average molecular weight is 424 g/mol. The first-order valence-electron chi connectivity index (χ1n) is 11.0. The molecule has 0 saturated carbocycles. The second-order valence-electron chi connectivity index (χ2n) is 10.9. The zero-order chi connectivity index (χ0) is 22.5. The molecule has 0 radical (unpaired) electrons. The number of rotatable bonds is 7. The Labute approximate surface area is 179 Å². The van der Waals surface area contributed by atoms with E-state index in [1.54, 1.807) is 11.9 Å². The number of fused-ring (bicyclic) bond motifs is 1. The van der Waals surface area contributed by atoms with E-state index in [2.05, 4.69) is 31.4 Å². The molecule has 0 aromatic heterocycles. The van der Waals surface area contributed by atoms with Gasteiger partial charge in [0.05, 0.1) is 17.9 Å². The van der Waals surface area contributed by atoms with Crippen LogP contribution in [-0.2, 0) is 19.1 Å². The summed E-state index contributed by atoms with van der Waals surface area (Å²) >= 11 is 0. The SMILES string of the molecule is CNC(=O)[C@@H]1[C@@H]2CCC3(O2)C(C(=O)NC(C)(C)CC(C)(C)C)N(CCCO)C(=O)[C@H]13. The van der Waals surface area contributed by atoms with Crippen LogP contribution < -0.4 is 10.6 Å². The van der Waals surface area contributed by atoms with Gasteiger partial charge in [-0.05, 0) is 44.9 Å². The van der Waals surface area contributed by atoms with Crippen molar-refractivity contribution in [2.45, 2.75) is 83.6 Å². The molecular formula is C22H37N3O5.